The summed E-state index contributed by atoms with van der Waals surface area (Å²) in [5, 5.41) is 4.59. The molecule has 96 valence electrons. The average molecular weight is 238 g/mol. The maximum Gasteiger partial charge on any atom is 0.302 e. The Bertz CT molecular complexity index is 383. The topological polar surface area (TPSA) is 44.1 Å². The van der Waals surface area contributed by atoms with E-state index in [0.717, 1.165) is 31.5 Å². The summed E-state index contributed by atoms with van der Waals surface area (Å²) in [6, 6.07) is 0. The molecule has 4 heteroatoms. The Morgan fingerprint density at radius 2 is 2.00 bits per heavy atom. The summed E-state index contributed by atoms with van der Waals surface area (Å²) in [4.78, 5) is 10.8. The molecule has 0 aromatic carbocycles. The molecule has 0 aliphatic rings. The highest BCUT2D eigenvalue weighted by molar-refractivity contribution is 5.65. The lowest BCUT2D eigenvalue weighted by molar-refractivity contribution is -0.140. The van der Waals surface area contributed by atoms with Gasteiger partial charge in [-0.3, -0.25) is 9.48 Å². The Morgan fingerprint density at radius 3 is 2.47 bits per heavy atom. The minimum absolute atomic E-state index is 0.219. The number of hydrogen-bond acceptors (Lipinski definition) is 3. The average Bonchev–Trinajstić information content (AvgIpc) is 2.65. The maximum absolute atomic E-state index is 10.8. The molecule has 17 heavy (non-hydrogen) atoms. The van der Waals surface area contributed by atoms with Crippen LogP contribution in [0.1, 0.15) is 44.6 Å². The van der Waals surface area contributed by atoms with Crippen LogP contribution < -0.4 is 0 Å². The van der Waals surface area contributed by atoms with Crippen molar-refractivity contribution in [1.29, 1.82) is 0 Å². The molecule has 0 radical (unpaired) electrons. The lowest BCUT2D eigenvalue weighted by Gasteiger charge is -2.06. The van der Waals surface area contributed by atoms with Crippen LogP contribution in [0.2, 0.25) is 0 Å². The van der Waals surface area contributed by atoms with Gasteiger partial charge in [-0.25, -0.2) is 0 Å². The smallest absolute Gasteiger partial charge is 0.302 e. The zero-order valence-electron chi connectivity index (χ0n) is 11.2. The zero-order chi connectivity index (χ0) is 12.8. The first kappa shape index (κ1) is 13.7. The molecule has 0 spiro atoms. The lowest BCUT2D eigenvalue weighted by atomic mass is 10.1. The first-order valence-electron chi connectivity index (χ1n) is 6.34. The van der Waals surface area contributed by atoms with Crippen LogP contribution in [0.3, 0.4) is 0 Å². The molecule has 0 saturated heterocycles. The van der Waals surface area contributed by atoms with Crippen molar-refractivity contribution < 1.29 is 9.53 Å². The van der Waals surface area contributed by atoms with Crippen LogP contribution in [-0.4, -0.2) is 22.4 Å². The first-order valence-corrected chi connectivity index (χ1v) is 6.34. The third-order valence-corrected chi connectivity index (χ3v) is 2.88. The molecule has 0 unspecified atom stereocenters. The summed E-state index contributed by atoms with van der Waals surface area (Å²) < 4.78 is 7.07. The second-order valence-corrected chi connectivity index (χ2v) is 3.98. The molecule has 0 aliphatic heterocycles. The van der Waals surface area contributed by atoms with Crippen LogP contribution in [0.4, 0.5) is 0 Å². The third-order valence-electron chi connectivity index (χ3n) is 2.88. The van der Waals surface area contributed by atoms with E-state index in [1.807, 2.05) is 0 Å². The van der Waals surface area contributed by atoms with E-state index in [0.29, 0.717) is 6.61 Å². The van der Waals surface area contributed by atoms with Crippen molar-refractivity contribution in [2.24, 2.45) is 0 Å². The van der Waals surface area contributed by atoms with Crippen LogP contribution in [0.5, 0.6) is 0 Å². The van der Waals surface area contributed by atoms with E-state index < -0.39 is 0 Å². The molecule has 0 saturated carbocycles. The van der Waals surface area contributed by atoms with Gasteiger partial charge >= 0.3 is 5.97 Å². The van der Waals surface area contributed by atoms with Crippen molar-refractivity contribution in [3.8, 4) is 0 Å². The molecule has 0 amide bonds. The van der Waals surface area contributed by atoms with Crippen LogP contribution in [0.25, 0.3) is 0 Å². The Morgan fingerprint density at radius 1 is 1.29 bits per heavy atom. The fourth-order valence-electron chi connectivity index (χ4n) is 2.12. The van der Waals surface area contributed by atoms with E-state index in [2.05, 4.69) is 30.6 Å². The minimum atomic E-state index is -0.219. The quantitative estimate of drug-likeness (QED) is 0.713. The van der Waals surface area contributed by atoms with Gasteiger partial charge in [-0.2, -0.15) is 5.10 Å². The van der Waals surface area contributed by atoms with Gasteiger partial charge in [0.1, 0.15) is 0 Å². The predicted octanol–water partition coefficient (Wildman–Crippen LogP) is 2.13. The Kier molecular flexibility index (Phi) is 5.19. The number of hydrogen-bond donors (Lipinski definition) is 0. The number of aromatic nitrogens is 2. The summed E-state index contributed by atoms with van der Waals surface area (Å²) in [6.07, 6.45) is 2.66. The van der Waals surface area contributed by atoms with Crippen molar-refractivity contribution >= 4 is 5.97 Å². The molecule has 0 bridgehead atoms. The van der Waals surface area contributed by atoms with Gasteiger partial charge in [0.05, 0.1) is 12.3 Å². The fraction of sp³-hybridized carbons (Fsp3) is 0.692. The monoisotopic (exact) mass is 238 g/mol. The molecule has 0 N–H and O–H groups in total. The molecular formula is C13H22N2O2. The van der Waals surface area contributed by atoms with Gasteiger partial charge in [-0.15, -0.1) is 0 Å². The van der Waals surface area contributed by atoms with Gasteiger partial charge in [0.15, 0.2) is 0 Å². The third kappa shape index (κ3) is 3.32. The van der Waals surface area contributed by atoms with Gasteiger partial charge in [-0.1, -0.05) is 13.8 Å². The van der Waals surface area contributed by atoms with Gasteiger partial charge in [-0.05, 0) is 25.3 Å². The Hall–Kier alpha value is -1.32. The Labute approximate surface area is 103 Å². The fourth-order valence-corrected chi connectivity index (χ4v) is 2.12. The molecule has 1 heterocycles. The van der Waals surface area contributed by atoms with Gasteiger partial charge in [0, 0.05) is 25.6 Å². The van der Waals surface area contributed by atoms with Crippen LogP contribution in [0.15, 0.2) is 0 Å². The normalized spacial score (nSPS) is 10.6. The van der Waals surface area contributed by atoms with E-state index in [-0.39, 0.29) is 5.97 Å². The molecule has 0 aliphatic carbocycles. The largest absolute Gasteiger partial charge is 0.466 e. The number of esters is 1. The highest BCUT2D eigenvalue weighted by Gasteiger charge is 2.14. The van der Waals surface area contributed by atoms with Crippen molar-refractivity contribution in [1.82, 2.24) is 9.78 Å². The summed E-state index contributed by atoms with van der Waals surface area (Å²) in [7, 11) is 0. The van der Waals surface area contributed by atoms with Crippen molar-refractivity contribution in [3.05, 3.63) is 17.0 Å². The molecule has 0 atom stereocenters. The van der Waals surface area contributed by atoms with Crippen LogP contribution in [-0.2, 0) is 35.3 Å². The maximum atomic E-state index is 10.8. The molecule has 1 aromatic heterocycles. The van der Waals surface area contributed by atoms with Gasteiger partial charge in [0.2, 0.25) is 0 Å². The summed E-state index contributed by atoms with van der Waals surface area (Å²) in [5.41, 5.74) is 3.67. The molecule has 1 rings (SSSR count). The van der Waals surface area contributed by atoms with Crippen molar-refractivity contribution in [2.75, 3.05) is 6.61 Å². The zero-order valence-corrected chi connectivity index (χ0v) is 11.2. The second-order valence-electron chi connectivity index (χ2n) is 3.98. The Balaban J connectivity index is 2.86. The number of nitrogens with zero attached hydrogens (tertiary/aromatic N) is 2. The van der Waals surface area contributed by atoms with Crippen molar-refractivity contribution in [2.45, 2.75) is 53.5 Å². The van der Waals surface area contributed by atoms with Crippen LogP contribution in [0, 0.1) is 0 Å². The summed E-state index contributed by atoms with van der Waals surface area (Å²) in [6.45, 7) is 9.13. The second kappa shape index (κ2) is 6.42. The van der Waals surface area contributed by atoms with E-state index in [1.165, 1.54) is 18.2 Å². The van der Waals surface area contributed by atoms with E-state index in [1.54, 1.807) is 0 Å². The van der Waals surface area contributed by atoms with E-state index in [4.69, 9.17) is 4.74 Å². The lowest BCUT2D eigenvalue weighted by Crippen LogP contribution is -2.07. The molecule has 4 nitrogen and oxygen atoms in total. The van der Waals surface area contributed by atoms with Crippen molar-refractivity contribution in [3.63, 3.8) is 0 Å². The number of aryl methyl sites for hydroxylation is 2. The predicted molar refractivity (Wildman–Crippen MR) is 67.0 cm³/mol. The molecular weight excluding hydrogens is 216 g/mol. The minimum Gasteiger partial charge on any atom is -0.466 e. The number of carbonyl (C=O) groups excluding carboxylic acids is 1. The summed E-state index contributed by atoms with van der Waals surface area (Å²) >= 11 is 0. The first-order chi connectivity index (χ1) is 8.13. The number of carbonyl (C=O) groups is 1. The molecule has 0 fully saturated rings. The number of ether oxygens (including phenoxy) is 1. The highest BCUT2D eigenvalue weighted by Crippen LogP contribution is 2.17. The highest BCUT2D eigenvalue weighted by atomic mass is 16.5. The van der Waals surface area contributed by atoms with Gasteiger partial charge < -0.3 is 4.74 Å². The van der Waals surface area contributed by atoms with Crippen LogP contribution >= 0.6 is 0 Å². The van der Waals surface area contributed by atoms with E-state index in [9.17, 15) is 4.79 Å². The SMILES string of the molecule is CCc1nn(CC)c(CC)c1CCOC(C)=O. The van der Waals surface area contributed by atoms with E-state index >= 15 is 0 Å². The molecule has 1 aromatic rings. The number of rotatable bonds is 6. The van der Waals surface area contributed by atoms with Gasteiger partial charge in [0.25, 0.3) is 0 Å². The standard InChI is InChI=1S/C13H22N2O2/c1-5-12-11(8-9-17-10(4)16)13(6-2)15(7-3)14-12/h5-9H2,1-4H3. The summed E-state index contributed by atoms with van der Waals surface area (Å²) in [5.74, 6) is -0.219.